The van der Waals surface area contributed by atoms with Gasteiger partial charge in [-0.05, 0) is 26.0 Å². The molecule has 1 heterocycles. The second-order valence-corrected chi connectivity index (χ2v) is 7.05. The first-order chi connectivity index (χ1) is 7.88. The summed E-state index contributed by atoms with van der Waals surface area (Å²) in [6, 6.07) is 4.74. The van der Waals surface area contributed by atoms with Crippen LogP contribution in [0.25, 0.3) is 10.2 Å². The van der Waals surface area contributed by atoms with E-state index in [1.807, 2.05) is 0 Å². The van der Waals surface area contributed by atoms with Gasteiger partial charge in [-0.3, -0.25) is 4.79 Å². The van der Waals surface area contributed by atoms with E-state index in [-0.39, 0.29) is 11.7 Å². The molecule has 0 saturated heterocycles. The number of para-hydroxylation sites is 1. The summed E-state index contributed by atoms with van der Waals surface area (Å²) in [4.78, 5) is 15.8. The molecule has 3 nitrogen and oxygen atoms in total. The topological polar surface area (TPSA) is 42.0 Å². The zero-order valence-corrected chi connectivity index (χ0v) is 11.7. The first-order valence-electron chi connectivity index (χ1n) is 4.93. The van der Waals surface area contributed by atoms with Crippen LogP contribution in [0, 0.1) is 5.82 Å². The minimum absolute atomic E-state index is 0.211. The molecule has 0 aliphatic heterocycles. The Morgan fingerprint density at radius 3 is 2.82 bits per heavy atom. The second-order valence-electron chi connectivity index (χ2n) is 4.03. The zero-order valence-electron chi connectivity index (χ0n) is 9.25. The van der Waals surface area contributed by atoms with Crippen molar-refractivity contribution in [2.75, 3.05) is 5.32 Å². The number of anilines is 1. The fourth-order valence-electron chi connectivity index (χ4n) is 1.21. The Morgan fingerprint density at radius 1 is 1.53 bits per heavy atom. The van der Waals surface area contributed by atoms with Crippen molar-refractivity contribution < 1.29 is 9.18 Å². The predicted octanol–water partition coefficient (Wildman–Crippen LogP) is 3.55. The Bertz CT molecular complexity index is 576. The highest BCUT2D eigenvalue weighted by atomic mass is 79.9. The number of halogens is 2. The number of nitrogens with one attached hydrogen (secondary N) is 1. The van der Waals surface area contributed by atoms with E-state index in [9.17, 15) is 9.18 Å². The van der Waals surface area contributed by atoms with Crippen LogP contribution < -0.4 is 5.32 Å². The molecule has 0 aliphatic rings. The Balaban J connectivity index is 2.32. The van der Waals surface area contributed by atoms with E-state index >= 15 is 0 Å². The fourth-order valence-corrected chi connectivity index (χ4v) is 2.19. The maximum absolute atomic E-state index is 13.4. The molecule has 1 N–H and O–H groups in total. The number of hydrogen-bond acceptors (Lipinski definition) is 3. The molecule has 0 saturated carbocycles. The van der Waals surface area contributed by atoms with E-state index in [1.165, 1.54) is 17.4 Å². The first-order valence-corrected chi connectivity index (χ1v) is 6.54. The van der Waals surface area contributed by atoms with E-state index in [2.05, 4.69) is 26.2 Å². The lowest BCUT2D eigenvalue weighted by atomic mass is 10.2. The molecule has 1 aromatic carbocycles. The van der Waals surface area contributed by atoms with Crippen LogP contribution in [0.5, 0.6) is 0 Å². The Labute approximate surface area is 110 Å². The van der Waals surface area contributed by atoms with Gasteiger partial charge in [0.05, 0.1) is 9.02 Å². The number of amides is 1. The van der Waals surface area contributed by atoms with Crippen molar-refractivity contribution in [3.05, 3.63) is 24.0 Å². The lowest BCUT2D eigenvalue weighted by Gasteiger charge is -2.13. The number of nitrogens with zero attached hydrogens (tertiary/aromatic N) is 1. The lowest BCUT2D eigenvalue weighted by Crippen LogP contribution is -2.30. The maximum atomic E-state index is 13.4. The second kappa shape index (κ2) is 4.34. The summed E-state index contributed by atoms with van der Waals surface area (Å²) in [5, 5.41) is 3.06. The van der Waals surface area contributed by atoms with Gasteiger partial charge in [0.2, 0.25) is 5.91 Å². The number of hydrogen-bond donors (Lipinski definition) is 1. The van der Waals surface area contributed by atoms with Crippen LogP contribution in [0.2, 0.25) is 0 Å². The molecule has 1 amide bonds. The molecule has 0 atom stereocenters. The van der Waals surface area contributed by atoms with Crippen LogP contribution in [0.15, 0.2) is 18.2 Å². The van der Waals surface area contributed by atoms with Crippen molar-refractivity contribution in [2.24, 2.45) is 0 Å². The van der Waals surface area contributed by atoms with Gasteiger partial charge in [-0.25, -0.2) is 9.37 Å². The SMILES string of the molecule is CC(C)(Br)C(=O)Nc1nc2c(F)cccc2s1. The molecule has 2 rings (SSSR count). The molecule has 1 aromatic heterocycles. The highest BCUT2D eigenvalue weighted by Gasteiger charge is 2.24. The number of thiazole rings is 1. The van der Waals surface area contributed by atoms with Gasteiger partial charge in [-0.1, -0.05) is 33.3 Å². The number of aromatic nitrogens is 1. The quantitative estimate of drug-likeness (QED) is 0.861. The van der Waals surface area contributed by atoms with Crippen molar-refractivity contribution >= 4 is 48.5 Å². The predicted molar refractivity (Wildman–Crippen MR) is 71.2 cm³/mol. The van der Waals surface area contributed by atoms with E-state index in [0.29, 0.717) is 15.3 Å². The third-order valence-electron chi connectivity index (χ3n) is 2.13. The third-order valence-corrected chi connectivity index (χ3v) is 3.43. The highest BCUT2D eigenvalue weighted by Crippen LogP contribution is 2.28. The van der Waals surface area contributed by atoms with Crippen LogP contribution in [-0.4, -0.2) is 15.2 Å². The van der Waals surface area contributed by atoms with E-state index in [4.69, 9.17) is 0 Å². The van der Waals surface area contributed by atoms with Crippen LogP contribution in [-0.2, 0) is 4.79 Å². The molecule has 0 aliphatic carbocycles. The number of rotatable bonds is 2. The largest absolute Gasteiger partial charge is 0.301 e. The van der Waals surface area contributed by atoms with Crippen molar-refractivity contribution in [1.29, 1.82) is 0 Å². The molecule has 0 fully saturated rings. The summed E-state index contributed by atoms with van der Waals surface area (Å²) < 4.78 is 13.4. The minimum atomic E-state index is -0.677. The monoisotopic (exact) mass is 316 g/mol. The van der Waals surface area contributed by atoms with Crippen LogP contribution >= 0.6 is 27.3 Å². The molecule has 6 heteroatoms. The summed E-state index contributed by atoms with van der Waals surface area (Å²) in [5.41, 5.74) is 0.292. The van der Waals surface area contributed by atoms with Gasteiger partial charge in [0.1, 0.15) is 11.3 Å². The Morgan fingerprint density at radius 2 is 2.24 bits per heavy atom. The molecular weight excluding hydrogens is 307 g/mol. The summed E-state index contributed by atoms with van der Waals surface area (Å²) in [7, 11) is 0. The van der Waals surface area contributed by atoms with Crippen molar-refractivity contribution in [3.63, 3.8) is 0 Å². The average Bonchev–Trinajstić information content (AvgIpc) is 2.60. The van der Waals surface area contributed by atoms with Gasteiger partial charge < -0.3 is 5.32 Å². The minimum Gasteiger partial charge on any atom is -0.301 e. The summed E-state index contributed by atoms with van der Waals surface area (Å²) in [6.45, 7) is 3.46. The summed E-state index contributed by atoms with van der Waals surface area (Å²) in [5.74, 6) is -0.589. The Kier molecular flexibility index (Phi) is 3.18. The number of fused-ring (bicyclic) bond motifs is 1. The van der Waals surface area contributed by atoms with Crippen molar-refractivity contribution in [3.8, 4) is 0 Å². The van der Waals surface area contributed by atoms with Crippen LogP contribution in [0.3, 0.4) is 0 Å². The van der Waals surface area contributed by atoms with Gasteiger partial charge in [-0.2, -0.15) is 0 Å². The Hall–Kier alpha value is -1.01. The molecule has 90 valence electrons. The molecule has 17 heavy (non-hydrogen) atoms. The van der Waals surface area contributed by atoms with Crippen molar-refractivity contribution in [2.45, 2.75) is 18.2 Å². The average molecular weight is 317 g/mol. The first kappa shape index (κ1) is 12.4. The van der Waals surface area contributed by atoms with Crippen molar-refractivity contribution in [1.82, 2.24) is 4.98 Å². The molecule has 2 aromatic rings. The number of benzene rings is 1. The normalized spacial score (nSPS) is 11.8. The van der Waals surface area contributed by atoms with Gasteiger partial charge in [0, 0.05) is 0 Å². The molecule has 0 spiro atoms. The number of carbonyl (C=O) groups is 1. The third kappa shape index (κ3) is 2.63. The fraction of sp³-hybridized carbons (Fsp3) is 0.273. The lowest BCUT2D eigenvalue weighted by molar-refractivity contribution is -0.117. The maximum Gasteiger partial charge on any atom is 0.242 e. The molecule has 0 radical (unpaired) electrons. The highest BCUT2D eigenvalue weighted by molar-refractivity contribution is 9.10. The number of alkyl halides is 1. The molecule has 0 bridgehead atoms. The van der Waals surface area contributed by atoms with Gasteiger partial charge >= 0.3 is 0 Å². The summed E-state index contributed by atoms with van der Waals surface area (Å²) in [6.07, 6.45) is 0. The van der Waals surface area contributed by atoms with Gasteiger partial charge in [0.15, 0.2) is 5.13 Å². The van der Waals surface area contributed by atoms with E-state index in [1.54, 1.807) is 26.0 Å². The summed E-state index contributed by atoms with van der Waals surface area (Å²) >= 11 is 4.50. The van der Waals surface area contributed by atoms with E-state index < -0.39 is 4.32 Å². The number of carbonyl (C=O) groups excluding carboxylic acids is 1. The van der Waals surface area contributed by atoms with Crippen LogP contribution in [0.1, 0.15) is 13.8 Å². The standard InChI is InChI=1S/C11H10BrFN2OS/c1-11(2,12)9(16)15-10-14-8-6(13)4-3-5-7(8)17-10/h3-5H,1-2H3,(H,14,15,16). The van der Waals surface area contributed by atoms with Gasteiger partial charge in [-0.15, -0.1) is 0 Å². The van der Waals surface area contributed by atoms with Crippen LogP contribution in [0.4, 0.5) is 9.52 Å². The van der Waals surface area contributed by atoms with E-state index in [0.717, 1.165) is 0 Å². The zero-order chi connectivity index (χ0) is 12.6. The molecule has 0 unspecified atom stereocenters. The van der Waals surface area contributed by atoms with Gasteiger partial charge in [0.25, 0.3) is 0 Å². The molecular formula is C11H10BrFN2OS. The smallest absolute Gasteiger partial charge is 0.242 e.